The summed E-state index contributed by atoms with van der Waals surface area (Å²) in [5.41, 5.74) is 5.23. The minimum absolute atomic E-state index is 0.0826. The highest BCUT2D eigenvalue weighted by atomic mass is 32.2. The number of methoxy groups -OCH3 is 1. The molecule has 122 valence electrons. The molecule has 3 amide bonds. The van der Waals surface area contributed by atoms with Gasteiger partial charge in [-0.3, -0.25) is 19.5 Å². The van der Waals surface area contributed by atoms with Crippen LogP contribution >= 0.6 is 11.8 Å². The van der Waals surface area contributed by atoms with Crippen LogP contribution in [0.2, 0.25) is 0 Å². The van der Waals surface area contributed by atoms with Crippen molar-refractivity contribution >= 4 is 34.6 Å². The number of rotatable bonds is 6. The summed E-state index contributed by atoms with van der Waals surface area (Å²) in [7, 11) is 1.53. The molecule has 9 heteroatoms. The quantitative estimate of drug-likeness (QED) is 0.580. The molecular weight excluding hydrogens is 320 g/mol. The molecule has 0 atom stereocenters. The number of ether oxygens (including phenoxy) is 1. The zero-order valence-electron chi connectivity index (χ0n) is 12.4. The summed E-state index contributed by atoms with van der Waals surface area (Å²) in [5, 5.41) is 2.84. The monoisotopic (exact) mass is 336 g/mol. The topological polar surface area (TPSA) is 116 Å². The Morgan fingerprint density at radius 1 is 1.39 bits per heavy atom. The number of aromatic nitrogens is 2. The van der Waals surface area contributed by atoms with Gasteiger partial charge in [0.15, 0.2) is 5.16 Å². The van der Waals surface area contributed by atoms with E-state index in [0.29, 0.717) is 29.2 Å². The number of thioether (sulfide) groups is 1. The fourth-order valence-electron chi connectivity index (χ4n) is 1.94. The van der Waals surface area contributed by atoms with Gasteiger partial charge in [0.1, 0.15) is 0 Å². The van der Waals surface area contributed by atoms with Gasteiger partial charge < -0.3 is 10.5 Å². The lowest BCUT2D eigenvalue weighted by Crippen LogP contribution is -2.36. The first-order valence-electron chi connectivity index (χ1n) is 6.73. The Morgan fingerprint density at radius 3 is 2.83 bits per heavy atom. The second-order valence-corrected chi connectivity index (χ2v) is 5.50. The fraction of sp³-hybridized carbons (Fsp3) is 0.286. The van der Waals surface area contributed by atoms with Gasteiger partial charge in [-0.2, -0.15) is 0 Å². The van der Waals surface area contributed by atoms with E-state index in [-0.39, 0.29) is 11.3 Å². The summed E-state index contributed by atoms with van der Waals surface area (Å²) in [6.45, 7) is 0.647. The molecule has 8 nitrogen and oxygen atoms in total. The summed E-state index contributed by atoms with van der Waals surface area (Å²) in [6.07, 6.45) is 0. The molecule has 0 aliphatic heterocycles. The highest BCUT2D eigenvalue weighted by molar-refractivity contribution is 7.99. The number of benzene rings is 1. The maximum atomic E-state index is 12.6. The number of nitrogens with two attached hydrogens (primary N) is 1. The standard InChI is InChI=1S/C14H16N4O4S/c1-22-7-6-18-12(20)9-4-2-3-5-10(9)16-14(18)23-8-11(19)17-13(15)21/h2-5H,6-8H2,1H3,(H3,15,17,19,21). The molecule has 0 radical (unpaired) electrons. The number of para-hydroxylation sites is 1. The van der Waals surface area contributed by atoms with Crippen molar-refractivity contribution in [1.82, 2.24) is 14.9 Å². The van der Waals surface area contributed by atoms with Crippen molar-refractivity contribution < 1.29 is 14.3 Å². The van der Waals surface area contributed by atoms with E-state index in [2.05, 4.69) is 4.98 Å². The molecule has 2 aromatic rings. The lowest BCUT2D eigenvalue weighted by molar-refractivity contribution is -0.117. The van der Waals surface area contributed by atoms with Crippen LogP contribution in [0.1, 0.15) is 0 Å². The third kappa shape index (κ3) is 4.30. The second kappa shape index (κ2) is 7.75. The molecule has 0 aliphatic rings. The number of urea groups is 1. The maximum Gasteiger partial charge on any atom is 0.318 e. The molecule has 1 aromatic heterocycles. The van der Waals surface area contributed by atoms with Crippen molar-refractivity contribution in [2.24, 2.45) is 5.73 Å². The van der Waals surface area contributed by atoms with Crippen LogP contribution in [0.5, 0.6) is 0 Å². The lowest BCUT2D eigenvalue weighted by atomic mass is 10.2. The molecule has 0 saturated heterocycles. The summed E-state index contributed by atoms with van der Waals surface area (Å²) in [6, 6.07) is 6.05. The van der Waals surface area contributed by atoms with Gasteiger partial charge in [-0.15, -0.1) is 0 Å². The SMILES string of the molecule is COCCn1c(SCC(=O)NC(N)=O)nc2ccccc2c1=O. The minimum atomic E-state index is -0.918. The third-order valence-electron chi connectivity index (χ3n) is 2.94. The molecule has 0 aliphatic carbocycles. The van der Waals surface area contributed by atoms with Crippen LogP contribution in [0, 0.1) is 0 Å². The smallest absolute Gasteiger partial charge is 0.318 e. The van der Waals surface area contributed by atoms with E-state index in [4.69, 9.17) is 10.5 Å². The predicted molar refractivity (Wildman–Crippen MR) is 86.3 cm³/mol. The first-order chi connectivity index (χ1) is 11.0. The van der Waals surface area contributed by atoms with Crippen LogP contribution < -0.4 is 16.6 Å². The lowest BCUT2D eigenvalue weighted by Gasteiger charge is -2.12. The average Bonchev–Trinajstić information content (AvgIpc) is 2.51. The Balaban J connectivity index is 2.34. The highest BCUT2D eigenvalue weighted by Crippen LogP contribution is 2.17. The van der Waals surface area contributed by atoms with E-state index in [9.17, 15) is 14.4 Å². The van der Waals surface area contributed by atoms with Crippen LogP contribution in [0.15, 0.2) is 34.2 Å². The molecule has 0 spiro atoms. The number of nitrogens with zero attached hydrogens (tertiary/aromatic N) is 2. The van der Waals surface area contributed by atoms with E-state index in [0.717, 1.165) is 11.8 Å². The van der Waals surface area contributed by atoms with Crippen molar-refractivity contribution in [2.45, 2.75) is 11.7 Å². The Kier molecular flexibility index (Phi) is 5.72. The minimum Gasteiger partial charge on any atom is -0.383 e. The molecule has 23 heavy (non-hydrogen) atoms. The maximum absolute atomic E-state index is 12.6. The Morgan fingerprint density at radius 2 is 2.13 bits per heavy atom. The molecule has 1 heterocycles. The summed E-state index contributed by atoms with van der Waals surface area (Å²) in [4.78, 5) is 39.2. The first kappa shape index (κ1) is 17.0. The molecule has 3 N–H and O–H groups in total. The number of primary amides is 1. The van der Waals surface area contributed by atoms with E-state index >= 15 is 0 Å². The largest absolute Gasteiger partial charge is 0.383 e. The number of fused-ring (bicyclic) bond motifs is 1. The zero-order chi connectivity index (χ0) is 16.8. The van der Waals surface area contributed by atoms with Gasteiger partial charge in [0.2, 0.25) is 5.91 Å². The number of hydrogen-bond donors (Lipinski definition) is 2. The highest BCUT2D eigenvalue weighted by Gasteiger charge is 2.13. The number of nitrogens with one attached hydrogen (secondary N) is 1. The van der Waals surface area contributed by atoms with Crippen LogP contribution in [0.4, 0.5) is 4.79 Å². The Bertz CT molecular complexity index is 790. The van der Waals surface area contributed by atoms with Crippen molar-refractivity contribution in [3.63, 3.8) is 0 Å². The van der Waals surface area contributed by atoms with Crippen LogP contribution in [0.25, 0.3) is 10.9 Å². The van der Waals surface area contributed by atoms with E-state index in [1.807, 2.05) is 5.32 Å². The van der Waals surface area contributed by atoms with Gasteiger partial charge >= 0.3 is 6.03 Å². The van der Waals surface area contributed by atoms with E-state index in [1.54, 1.807) is 24.3 Å². The average molecular weight is 336 g/mol. The molecule has 1 aromatic carbocycles. The van der Waals surface area contributed by atoms with Crippen LogP contribution in [-0.4, -0.2) is 41.0 Å². The number of carbonyl (C=O) groups is 2. The van der Waals surface area contributed by atoms with Crippen molar-refractivity contribution in [2.75, 3.05) is 19.5 Å². The van der Waals surface area contributed by atoms with Crippen molar-refractivity contribution in [1.29, 1.82) is 0 Å². The van der Waals surface area contributed by atoms with Gasteiger partial charge in [0, 0.05) is 7.11 Å². The van der Waals surface area contributed by atoms with Crippen LogP contribution in [0.3, 0.4) is 0 Å². The van der Waals surface area contributed by atoms with Crippen molar-refractivity contribution in [3.05, 3.63) is 34.6 Å². The fourth-order valence-corrected chi connectivity index (χ4v) is 2.77. The summed E-state index contributed by atoms with van der Waals surface area (Å²) in [5.74, 6) is -0.635. The second-order valence-electron chi connectivity index (χ2n) is 4.56. The molecule has 0 unspecified atom stereocenters. The van der Waals surface area contributed by atoms with E-state index in [1.165, 1.54) is 11.7 Å². The van der Waals surface area contributed by atoms with E-state index < -0.39 is 11.9 Å². The summed E-state index contributed by atoms with van der Waals surface area (Å²) >= 11 is 1.05. The molecule has 0 bridgehead atoms. The molecule has 0 fully saturated rings. The van der Waals surface area contributed by atoms with Gasteiger partial charge in [0.25, 0.3) is 5.56 Å². The van der Waals surface area contributed by atoms with Gasteiger partial charge in [0.05, 0.1) is 29.8 Å². The number of hydrogen-bond acceptors (Lipinski definition) is 6. The summed E-state index contributed by atoms with van der Waals surface area (Å²) < 4.78 is 6.46. The van der Waals surface area contributed by atoms with Gasteiger partial charge in [-0.25, -0.2) is 9.78 Å². The number of imide groups is 1. The van der Waals surface area contributed by atoms with Crippen LogP contribution in [-0.2, 0) is 16.1 Å². The Hall–Kier alpha value is -2.39. The zero-order valence-corrected chi connectivity index (χ0v) is 13.3. The number of amides is 3. The molecular formula is C14H16N4O4S. The number of carbonyl (C=O) groups excluding carboxylic acids is 2. The third-order valence-corrected chi connectivity index (χ3v) is 3.92. The normalized spacial score (nSPS) is 10.7. The predicted octanol–water partition coefficient (Wildman–Crippen LogP) is 0.330. The van der Waals surface area contributed by atoms with Gasteiger partial charge in [-0.1, -0.05) is 23.9 Å². The van der Waals surface area contributed by atoms with Crippen molar-refractivity contribution in [3.8, 4) is 0 Å². The van der Waals surface area contributed by atoms with Gasteiger partial charge in [-0.05, 0) is 12.1 Å². The molecule has 2 rings (SSSR count). The first-order valence-corrected chi connectivity index (χ1v) is 7.72. The molecule has 0 saturated carbocycles. The Labute approximate surface area is 136 Å².